The van der Waals surface area contributed by atoms with E-state index in [1.165, 1.54) is 0 Å². The molecule has 0 bridgehead atoms. The lowest BCUT2D eigenvalue weighted by atomic mass is 10.1. The Bertz CT molecular complexity index is 626. The van der Waals surface area contributed by atoms with Gasteiger partial charge in [-0.15, -0.1) is 0 Å². The summed E-state index contributed by atoms with van der Waals surface area (Å²) in [6, 6.07) is 7.64. The van der Waals surface area contributed by atoms with Gasteiger partial charge in [-0.2, -0.15) is 0 Å². The zero-order valence-corrected chi connectivity index (χ0v) is 11.9. The third-order valence-corrected chi connectivity index (χ3v) is 5.61. The molecule has 1 aromatic carbocycles. The van der Waals surface area contributed by atoms with E-state index >= 15 is 0 Å². The number of rotatable bonds is 1. The Morgan fingerprint density at radius 3 is 2.85 bits per heavy atom. The van der Waals surface area contributed by atoms with Crippen LogP contribution in [0.1, 0.15) is 12.0 Å². The van der Waals surface area contributed by atoms with Crippen LogP contribution in [0.5, 0.6) is 5.75 Å². The highest BCUT2D eigenvalue weighted by Crippen LogP contribution is 2.26. The molecule has 3 rings (SSSR count). The van der Waals surface area contributed by atoms with Crippen LogP contribution in [0.15, 0.2) is 24.3 Å². The SMILES string of the molecule is O=C([C@H]1CCS(=O)(=O)C1)N1CCOc2ccccc2C1. The minimum atomic E-state index is -3.03. The van der Waals surface area contributed by atoms with E-state index in [2.05, 4.69) is 0 Å². The molecule has 2 aliphatic heterocycles. The van der Waals surface area contributed by atoms with Gasteiger partial charge in [0.1, 0.15) is 12.4 Å². The lowest BCUT2D eigenvalue weighted by molar-refractivity contribution is -0.135. The molecule has 1 fully saturated rings. The van der Waals surface area contributed by atoms with Crippen LogP contribution in [0.25, 0.3) is 0 Å². The molecular formula is C14H17NO4S. The smallest absolute Gasteiger partial charge is 0.227 e. The van der Waals surface area contributed by atoms with Crippen molar-refractivity contribution in [3.05, 3.63) is 29.8 Å². The first-order valence-electron chi connectivity index (χ1n) is 6.75. The molecule has 0 spiro atoms. The quantitative estimate of drug-likeness (QED) is 0.770. The molecule has 2 heterocycles. The molecule has 0 unspecified atom stereocenters. The highest BCUT2D eigenvalue weighted by atomic mass is 32.2. The molecule has 20 heavy (non-hydrogen) atoms. The largest absolute Gasteiger partial charge is 0.491 e. The average molecular weight is 295 g/mol. The molecule has 1 aromatic rings. The van der Waals surface area contributed by atoms with Gasteiger partial charge in [0.05, 0.1) is 24.0 Å². The van der Waals surface area contributed by atoms with Gasteiger partial charge in [0.15, 0.2) is 9.84 Å². The zero-order chi connectivity index (χ0) is 14.2. The van der Waals surface area contributed by atoms with Crippen molar-refractivity contribution in [3.8, 4) is 5.75 Å². The van der Waals surface area contributed by atoms with Crippen LogP contribution in [-0.4, -0.2) is 43.9 Å². The van der Waals surface area contributed by atoms with Crippen molar-refractivity contribution in [2.24, 2.45) is 5.92 Å². The molecule has 0 aliphatic carbocycles. The third kappa shape index (κ3) is 2.65. The van der Waals surface area contributed by atoms with Crippen molar-refractivity contribution in [3.63, 3.8) is 0 Å². The van der Waals surface area contributed by atoms with E-state index in [9.17, 15) is 13.2 Å². The summed E-state index contributed by atoms with van der Waals surface area (Å²) in [4.78, 5) is 14.2. The van der Waals surface area contributed by atoms with Crippen LogP contribution in [0, 0.1) is 5.92 Å². The number of hydrogen-bond acceptors (Lipinski definition) is 4. The lowest BCUT2D eigenvalue weighted by Gasteiger charge is -2.22. The maximum Gasteiger partial charge on any atom is 0.227 e. The van der Waals surface area contributed by atoms with E-state index in [0.717, 1.165) is 11.3 Å². The maximum absolute atomic E-state index is 12.5. The molecule has 1 amide bonds. The highest BCUT2D eigenvalue weighted by Gasteiger charge is 2.35. The Labute approximate surface area is 118 Å². The standard InChI is InChI=1S/C14H17NO4S/c16-14(12-5-8-20(17,18)10-12)15-6-7-19-13-4-2-1-3-11(13)9-15/h1-4,12H,5-10H2/t12-/m0/s1. The number of fused-ring (bicyclic) bond motifs is 1. The minimum absolute atomic E-state index is 0.00909. The first-order chi connectivity index (χ1) is 9.55. The van der Waals surface area contributed by atoms with Crippen molar-refractivity contribution >= 4 is 15.7 Å². The zero-order valence-electron chi connectivity index (χ0n) is 11.1. The van der Waals surface area contributed by atoms with Crippen LogP contribution in [-0.2, 0) is 21.2 Å². The number of ether oxygens (including phenoxy) is 1. The number of sulfone groups is 1. The van der Waals surface area contributed by atoms with Crippen molar-refractivity contribution in [1.29, 1.82) is 0 Å². The average Bonchev–Trinajstić information content (AvgIpc) is 2.67. The van der Waals surface area contributed by atoms with Crippen LogP contribution in [0.2, 0.25) is 0 Å². The summed E-state index contributed by atoms with van der Waals surface area (Å²) in [7, 11) is -3.03. The van der Waals surface area contributed by atoms with Gasteiger partial charge in [-0.05, 0) is 12.5 Å². The van der Waals surface area contributed by atoms with Crippen LogP contribution in [0.3, 0.4) is 0 Å². The summed E-state index contributed by atoms with van der Waals surface area (Å²) in [5.41, 5.74) is 0.971. The number of carbonyl (C=O) groups excluding carboxylic acids is 1. The first kappa shape index (κ1) is 13.4. The molecule has 0 radical (unpaired) electrons. The molecule has 2 aliphatic rings. The number of carbonyl (C=O) groups is 1. The molecule has 1 saturated heterocycles. The number of para-hydroxylation sites is 1. The van der Waals surface area contributed by atoms with Crippen LogP contribution >= 0.6 is 0 Å². The van der Waals surface area contributed by atoms with E-state index in [-0.39, 0.29) is 23.3 Å². The second-order valence-corrected chi connectivity index (χ2v) is 7.54. The fourth-order valence-electron chi connectivity index (χ4n) is 2.76. The van der Waals surface area contributed by atoms with Gasteiger partial charge in [0.2, 0.25) is 5.91 Å². The van der Waals surface area contributed by atoms with Gasteiger partial charge >= 0.3 is 0 Å². The molecule has 5 nitrogen and oxygen atoms in total. The van der Waals surface area contributed by atoms with Gasteiger partial charge in [-0.1, -0.05) is 18.2 Å². The number of benzene rings is 1. The van der Waals surface area contributed by atoms with E-state index in [4.69, 9.17) is 4.74 Å². The summed E-state index contributed by atoms with van der Waals surface area (Å²) in [5, 5.41) is 0. The summed E-state index contributed by atoms with van der Waals surface area (Å²) >= 11 is 0. The highest BCUT2D eigenvalue weighted by molar-refractivity contribution is 7.91. The molecule has 1 atom stereocenters. The van der Waals surface area contributed by atoms with Crippen LogP contribution in [0.4, 0.5) is 0 Å². The monoisotopic (exact) mass is 295 g/mol. The van der Waals surface area contributed by atoms with Crippen LogP contribution < -0.4 is 4.74 Å². The topological polar surface area (TPSA) is 63.7 Å². The summed E-state index contributed by atoms with van der Waals surface area (Å²) in [6.07, 6.45) is 0.445. The maximum atomic E-state index is 12.5. The summed E-state index contributed by atoms with van der Waals surface area (Å²) in [6.45, 7) is 1.44. The molecule has 108 valence electrons. The summed E-state index contributed by atoms with van der Waals surface area (Å²) < 4.78 is 28.6. The van der Waals surface area contributed by atoms with E-state index in [1.54, 1.807) is 4.90 Å². The second kappa shape index (κ2) is 5.09. The van der Waals surface area contributed by atoms with Crippen molar-refractivity contribution < 1.29 is 17.9 Å². The fourth-order valence-corrected chi connectivity index (χ4v) is 4.49. The normalized spacial score (nSPS) is 24.6. The van der Waals surface area contributed by atoms with Gasteiger partial charge in [0, 0.05) is 12.1 Å². The predicted molar refractivity (Wildman–Crippen MR) is 74.1 cm³/mol. The van der Waals surface area contributed by atoms with Crippen molar-refractivity contribution in [1.82, 2.24) is 4.90 Å². The molecule has 0 saturated carbocycles. The third-order valence-electron chi connectivity index (χ3n) is 3.85. The number of amides is 1. The van der Waals surface area contributed by atoms with Gasteiger partial charge in [-0.25, -0.2) is 8.42 Å². The second-order valence-electron chi connectivity index (χ2n) is 5.32. The fraction of sp³-hybridized carbons (Fsp3) is 0.500. The number of nitrogens with zero attached hydrogens (tertiary/aromatic N) is 1. The first-order valence-corrected chi connectivity index (χ1v) is 8.57. The molecule has 0 N–H and O–H groups in total. The Morgan fingerprint density at radius 1 is 1.30 bits per heavy atom. The van der Waals surface area contributed by atoms with Gasteiger partial charge in [-0.3, -0.25) is 4.79 Å². The molecule has 0 aromatic heterocycles. The predicted octanol–water partition coefficient (Wildman–Crippen LogP) is 0.842. The number of hydrogen-bond donors (Lipinski definition) is 0. The Kier molecular flexibility index (Phi) is 3.41. The minimum Gasteiger partial charge on any atom is -0.491 e. The Morgan fingerprint density at radius 2 is 2.10 bits per heavy atom. The molecule has 6 heteroatoms. The van der Waals surface area contributed by atoms with E-state index in [1.807, 2.05) is 24.3 Å². The Hall–Kier alpha value is -1.56. The van der Waals surface area contributed by atoms with Gasteiger partial charge < -0.3 is 9.64 Å². The van der Waals surface area contributed by atoms with Crippen molar-refractivity contribution in [2.75, 3.05) is 24.7 Å². The molecular weight excluding hydrogens is 278 g/mol. The van der Waals surface area contributed by atoms with E-state index < -0.39 is 9.84 Å². The lowest BCUT2D eigenvalue weighted by Crippen LogP contribution is -2.37. The van der Waals surface area contributed by atoms with Crippen molar-refractivity contribution in [2.45, 2.75) is 13.0 Å². The van der Waals surface area contributed by atoms with E-state index in [0.29, 0.717) is 26.1 Å². The summed E-state index contributed by atoms with van der Waals surface area (Å²) in [5.74, 6) is 0.480. The Balaban J connectivity index is 1.76. The van der Waals surface area contributed by atoms with Gasteiger partial charge in [0.25, 0.3) is 0 Å².